The van der Waals surface area contributed by atoms with Crippen LogP contribution in [0.1, 0.15) is 12.0 Å². The van der Waals surface area contributed by atoms with Crippen LogP contribution in [0.2, 0.25) is 0 Å². The number of aromatic nitrogens is 1. The van der Waals surface area contributed by atoms with Gasteiger partial charge in [0.05, 0.1) is 5.52 Å². The molecule has 0 aliphatic heterocycles. The highest BCUT2D eigenvalue weighted by molar-refractivity contribution is 5.85. The van der Waals surface area contributed by atoms with Gasteiger partial charge in [0, 0.05) is 31.1 Å². The summed E-state index contributed by atoms with van der Waals surface area (Å²) in [7, 11) is 1.83. The molecule has 1 amide bonds. The molecule has 110 valence electrons. The van der Waals surface area contributed by atoms with E-state index in [-0.39, 0.29) is 30.7 Å². The summed E-state index contributed by atoms with van der Waals surface area (Å²) in [6.07, 6.45) is 2.30. The van der Waals surface area contributed by atoms with Crippen LogP contribution in [0, 0.1) is 0 Å². The number of nitrogens with one attached hydrogen (secondary N) is 2. The van der Waals surface area contributed by atoms with Gasteiger partial charge in [0.25, 0.3) is 0 Å². The number of pyridine rings is 1. The van der Waals surface area contributed by atoms with Crippen molar-refractivity contribution in [3.8, 4) is 0 Å². The predicted octanol–water partition coefficient (Wildman–Crippen LogP) is 2.30. The molecule has 2 rings (SSSR count). The molecule has 0 aliphatic carbocycles. The molecule has 2 N–H and O–H groups in total. The van der Waals surface area contributed by atoms with Crippen LogP contribution in [0.3, 0.4) is 0 Å². The van der Waals surface area contributed by atoms with E-state index in [2.05, 4.69) is 21.7 Å². The minimum absolute atomic E-state index is 0. The maximum absolute atomic E-state index is 11.5. The highest BCUT2D eigenvalue weighted by atomic mass is 35.5. The van der Waals surface area contributed by atoms with E-state index in [0.29, 0.717) is 19.5 Å². The van der Waals surface area contributed by atoms with Crippen molar-refractivity contribution < 1.29 is 4.79 Å². The Hall–Kier alpha value is -1.36. The molecule has 1 aromatic heterocycles. The highest BCUT2D eigenvalue weighted by Gasteiger charge is 2.01. The summed E-state index contributed by atoms with van der Waals surface area (Å²) in [4.78, 5) is 15.8. The zero-order valence-electron chi connectivity index (χ0n) is 11.3. The molecule has 0 spiro atoms. The third kappa shape index (κ3) is 5.33. The second kappa shape index (κ2) is 9.53. The molecule has 0 fully saturated rings. The SMILES string of the molecule is CNCCC(=O)NCc1cnc2ccccc2c1.Cl.Cl. The van der Waals surface area contributed by atoms with Crippen molar-refractivity contribution in [2.75, 3.05) is 13.6 Å². The summed E-state index contributed by atoms with van der Waals surface area (Å²) in [5, 5.41) is 6.92. The van der Waals surface area contributed by atoms with E-state index in [9.17, 15) is 4.79 Å². The molecule has 0 radical (unpaired) electrons. The number of halogens is 2. The first kappa shape index (κ1) is 18.6. The van der Waals surface area contributed by atoms with Crippen LogP contribution in [-0.4, -0.2) is 24.5 Å². The largest absolute Gasteiger partial charge is 0.352 e. The lowest BCUT2D eigenvalue weighted by Crippen LogP contribution is -2.26. The summed E-state index contributed by atoms with van der Waals surface area (Å²) in [5.74, 6) is 0.0532. The van der Waals surface area contributed by atoms with E-state index in [4.69, 9.17) is 0 Å². The monoisotopic (exact) mass is 315 g/mol. The first-order valence-electron chi connectivity index (χ1n) is 6.04. The van der Waals surface area contributed by atoms with Gasteiger partial charge in [0.15, 0.2) is 0 Å². The standard InChI is InChI=1S/C14H17N3O.2ClH/c1-15-7-6-14(18)17-10-11-8-12-4-2-3-5-13(12)16-9-11;;/h2-5,8-9,15H,6-7,10H2,1H3,(H,17,18);2*1H. The third-order valence-electron chi connectivity index (χ3n) is 2.74. The van der Waals surface area contributed by atoms with Crippen LogP contribution < -0.4 is 10.6 Å². The Bertz CT molecular complexity index is 549. The van der Waals surface area contributed by atoms with Gasteiger partial charge in [-0.2, -0.15) is 0 Å². The van der Waals surface area contributed by atoms with Gasteiger partial charge in [-0.3, -0.25) is 9.78 Å². The quantitative estimate of drug-likeness (QED) is 0.890. The molecule has 0 bridgehead atoms. The smallest absolute Gasteiger partial charge is 0.221 e. The van der Waals surface area contributed by atoms with E-state index in [1.165, 1.54) is 0 Å². The van der Waals surface area contributed by atoms with Gasteiger partial charge in [0.1, 0.15) is 0 Å². The van der Waals surface area contributed by atoms with E-state index in [0.717, 1.165) is 16.5 Å². The second-order valence-corrected chi connectivity index (χ2v) is 4.17. The third-order valence-corrected chi connectivity index (χ3v) is 2.74. The van der Waals surface area contributed by atoms with Crippen molar-refractivity contribution >= 4 is 41.6 Å². The Labute approximate surface area is 131 Å². The maximum atomic E-state index is 11.5. The number of benzene rings is 1. The molecule has 4 nitrogen and oxygen atoms in total. The van der Waals surface area contributed by atoms with Crippen molar-refractivity contribution in [3.63, 3.8) is 0 Å². The van der Waals surface area contributed by atoms with E-state index < -0.39 is 0 Å². The van der Waals surface area contributed by atoms with Crippen molar-refractivity contribution in [2.24, 2.45) is 0 Å². The van der Waals surface area contributed by atoms with Crippen LogP contribution in [-0.2, 0) is 11.3 Å². The van der Waals surface area contributed by atoms with Crippen LogP contribution in [0.5, 0.6) is 0 Å². The fourth-order valence-electron chi connectivity index (χ4n) is 1.74. The zero-order valence-corrected chi connectivity index (χ0v) is 12.9. The summed E-state index contributed by atoms with van der Waals surface area (Å²) < 4.78 is 0. The van der Waals surface area contributed by atoms with Crippen molar-refractivity contribution in [3.05, 3.63) is 42.1 Å². The molecular weight excluding hydrogens is 297 g/mol. The van der Waals surface area contributed by atoms with Gasteiger partial charge in [-0.25, -0.2) is 0 Å². The number of fused-ring (bicyclic) bond motifs is 1. The van der Waals surface area contributed by atoms with Crippen LogP contribution >= 0.6 is 24.8 Å². The zero-order chi connectivity index (χ0) is 12.8. The van der Waals surface area contributed by atoms with E-state index >= 15 is 0 Å². The van der Waals surface area contributed by atoms with Crippen LogP contribution in [0.4, 0.5) is 0 Å². The number of para-hydroxylation sites is 1. The lowest BCUT2D eigenvalue weighted by atomic mass is 10.1. The summed E-state index contributed by atoms with van der Waals surface area (Å²) in [5.41, 5.74) is 1.99. The molecule has 0 aliphatic rings. The average Bonchev–Trinajstić information content (AvgIpc) is 2.42. The number of hydrogen-bond donors (Lipinski definition) is 2. The van der Waals surface area contributed by atoms with E-state index in [1.54, 1.807) is 6.20 Å². The maximum Gasteiger partial charge on any atom is 0.221 e. The average molecular weight is 316 g/mol. The number of amides is 1. The molecule has 1 aromatic carbocycles. The molecule has 0 saturated carbocycles. The summed E-state index contributed by atoms with van der Waals surface area (Å²) in [6.45, 7) is 1.22. The van der Waals surface area contributed by atoms with Crippen molar-refractivity contribution in [2.45, 2.75) is 13.0 Å². The number of nitrogens with zero attached hydrogens (tertiary/aromatic N) is 1. The van der Waals surface area contributed by atoms with Gasteiger partial charge in [-0.05, 0) is 24.7 Å². The summed E-state index contributed by atoms with van der Waals surface area (Å²) in [6, 6.07) is 10.0. The van der Waals surface area contributed by atoms with Gasteiger partial charge in [-0.15, -0.1) is 24.8 Å². The van der Waals surface area contributed by atoms with Gasteiger partial charge in [0.2, 0.25) is 5.91 Å². The summed E-state index contributed by atoms with van der Waals surface area (Å²) >= 11 is 0. The van der Waals surface area contributed by atoms with Gasteiger partial charge < -0.3 is 10.6 Å². The Morgan fingerprint density at radius 3 is 2.75 bits per heavy atom. The number of rotatable bonds is 5. The molecule has 0 atom stereocenters. The molecule has 20 heavy (non-hydrogen) atoms. The minimum Gasteiger partial charge on any atom is -0.352 e. The Morgan fingerprint density at radius 1 is 1.25 bits per heavy atom. The van der Waals surface area contributed by atoms with Crippen LogP contribution in [0.15, 0.2) is 36.5 Å². The number of carbonyl (C=O) groups excluding carboxylic acids is 1. The normalized spacial score (nSPS) is 9.45. The van der Waals surface area contributed by atoms with Crippen LogP contribution in [0.25, 0.3) is 10.9 Å². The lowest BCUT2D eigenvalue weighted by molar-refractivity contribution is -0.121. The first-order valence-corrected chi connectivity index (χ1v) is 6.04. The molecule has 2 aromatic rings. The predicted molar refractivity (Wildman–Crippen MR) is 86.6 cm³/mol. The lowest BCUT2D eigenvalue weighted by Gasteiger charge is -2.06. The molecule has 0 unspecified atom stereocenters. The van der Waals surface area contributed by atoms with Gasteiger partial charge in [-0.1, -0.05) is 18.2 Å². The van der Waals surface area contributed by atoms with E-state index in [1.807, 2.05) is 31.3 Å². The Balaban J connectivity index is 0.00000180. The first-order chi connectivity index (χ1) is 8.79. The Kier molecular flexibility index (Phi) is 8.88. The van der Waals surface area contributed by atoms with Crippen molar-refractivity contribution in [1.29, 1.82) is 0 Å². The molecule has 6 heteroatoms. The Morgan fingerprint density at radius 2 is 2.00 bits per heavy atom. The van der Waals surface area contributed by atoms with Gasteiger partial charge >= 0.3 is 0 Å². The second-order valence-electron chi connectivity index (χ2n) is 4.17. The minimum atomic E-state index is 0. The molecule has 0 saturated heterocycles. The molecular formula is C14H19Cl2N3O. The molecule has 1 heterocycles. The fraction of sp³-hybridized carbons (Fsp3) is 0.286. The van der Waals surface area contributed by atoms with Crippen molar-refractivity contribution in [1.82, 2.24) is 15.6 Å². The topological polar surface area (TPSA) is 54.0 Å². The fourth-order valence-corrected chi connectivity index (χ4v) is 1.74. The number of carbonyl (C=O) groups is 1. The number of hydrogen-bond acceptors (Lipinski definition) is 3. The highest BCUT2D eigenvalue weighted by Crippen LogP contribution is 2.12.